The zero-order valence-electron chi connectivity index (χ0n) is 12.8. The molecule has 2 N–H and O–H groups in total. The number of hydrogen-bond acceptors (Lipinski definition) is 5. The average molecular weight is 325 g/mol. The Morgan fingerprint density at radius 2 is 2.17 bits per heavy atom. The van der Waals surface area contributed by atoms with Crippen LogP contribution in [0.25, 0.3) is 5.82 Å². The monoisotopic (exact) mass is 325 g/mol. The maximum atomic E-state index is 12.1. The molecular weight excluding hydrogens is 310 g/mol. The number of amides is 2. The normalized spacial score (nSPS) is 11.7. The van der Waals surface area contributed by atoms with E-state index in [9.17, 15) is 9.59 Å². The van der Waals surface area contributed by atoms with E-state index in [1.807, 2.05) is 0 Å². The molecule has 1 atom stereocenters. The Hall–Kier alpha value is -3.42. The molecule has 24 heavy (non-hydrogen) atoms. The highest BCUT2D eigenvalue weighted by Gasteiger charge is 2.18. The van der Waals surface area contributed by atoms with Gasteiger partial charge in [0.2, 0.25) is 5.91 Å². The van der Waals surface area contributed by atoms with E-state index >= 15 is 0 Å². The molecule has 3 aromatic heterocycles. The number of furan rings is 1. The van der Waals surface area contributed by atoms with Crippen LogP contribution in [0.3, 0.4) is 0 Å². The smallest absolute Gasteiger partial charge is 0.287 e. The first-order chi connectivity index (χ1) is 11.6. The lowest BCUT2D eigenvalue weighted by Crippen LogP contribution is -2.41. The SMILES string of the molecule is C[C@H](NC(=O)c1ccco1)C(=O)Nc1ccc(-n2ccnc2)nc1. The lowest BCUT2D eigenvalue weighted by Gasteiger charge is -2.13. The van der Waals surface area contributed by atoms with Crippen molar-refractivity contribution < 1.29 is 14.0 Å². The second kappa shape index (κ2) is 6.78. The van der Waals surface area contributed by atoms with Crippen LogP contribution in [0.15, 0.2) is 59.9 Å². The molecular formula is C16H15N5O3. The molecule has 0 aromatic carbocycles. The number of imidazole rings is 1. The third kappa shape index (κ3) is 3.49. The minimum Gasteiger partial charge on any atom is -0.459 e. The van der Waals surface area contributed by atoms with Crippen molar-refractivity contribution in [3.05, 3.63) is 61.2 Å². The Balaban J connectivity index is 1.59. The Morgan fingerprint density at radius 3 is 2.79 bits per heavy atom. The first-order valence-corrected chi connectivity index (χ1v) is 7.23. The molecule has 2 amide bonds. The van der Waals surface area contributed by atoms with E-state index in [2.05, 4.69) is 20.6 Å². The fourth-order valence-electron chi connectivity index (χ4n) is 2.00. The van der Waals surface area contributed by atoms with E-state index in [1.165, 1.54) is 18.5 Å². The van der Waals surface area contributed by atoms with E-state index in [0.29, 0.717) is 11.5 Å². The number of nitrogens with zero attached hydrogens (tertiary/aromatic N) is 3. The number of pyridine rings is 1. The van der Waals surface area contributed by atoms with E-state index in [4.69, 9.17) is 4.42 Å². The van der Waals surface area contributed by atoms with Crippen LogP contribution >= 0.6 is 0 Å². The molecule has 0 radical (unpaired) electrons. The molecule has 122 valence electrons. The first kappa shape index (κ1) is 15.5. The summed E-state index contributed by atoms with van der Waals surface area (Å²) in [5.41, 5.74) is 0.531. The molecule has 0 unspecified atom stereocenters. The largest absolute Gasteiger partial charge is 0.459 e. The Morgan fingerprint density at radius 1 is 1.29 bits per heavy atom. The summed E-state index contributed by atoms with van der Waals surface area (Å²) in [6.07, 6.45) is 7.99. The van der Waals surface area contributed by atoms with Crippen LogP contribution < -0.4 is 10.6 Å². The molecule has 0 saturated heterocycles. The van der Waals surface area contributed by atoms with Gasteiger partial charge >= 0.3 is 0 Å². The minimum atomic E-state index is -0.726. The summed E-state index contributed by atoms with van der Waals surface area (Å²) in [6.45, 7) is 1.59. The maximum Gasteiger partial charge on any atom is 0.287 e. The molecule has 0 aliphatic heterocycles. The summed E-state index contributed by atoms with van der Waals surface area (Å²) < 4.78 is 6.73. The molecule has 0 fully saturated rings. The lowest BCUT2D eigenvalue weighted by molar-refractivity contribution is -0.117. The highest BCUT2D eigenvalue weighted by atomic mass is 16.3. The van der Waals surface area contributed by atoms with Gasteiger partial charge in [-0.15, -0.1) is 0 Å². The van der Waals surface area contributed by atoms with Crippen LogP contribution in [0.4, 0.5) is 5.69 Å². The summed E-state index contributed by atoms with van der Waals surface area (Å²) in [6, 6.07) is 5.88. The zero-order chi connectivity index (χ0) is 16.9. The van der Waals surface area contributed by atoms with Gasteiger partial charge < -0.3 is 15.1 Å². The molecule has 3 rings (SSSR count). The maximum absolute atomic E-state index is 12.1. The van der Waals surface area contributed by atoms with Gasteiger partial charge in [0, 0.05) is 12.4 Å². The molecule has 0 saturated carbocycles. The average Bonchev–Trinajstić information content (AvgIpc) is 3.29. The van der Waals surface area contributed by atoms with Crippen molar-refractivity contribution in [1.82, 2.24) is 19.9 Å². The number of anilines is 1. The lowest BCUT2D eigenvalue weighted by atomic mass is 10.3. The Bertz CT molecular complexity index is 810. The standard InChI is InChI=1S/C16H15N5O3/c1-11(19-16(23)13-3-2-8-24-13)15(22)20-12-4-5-14(18-9-12)21-7-6-17-10-21/h2-11H,1H3,(H,19,23)(H,20,22)/t11-/m0/s1. The van der Waals surface area contributed by atoms with Crippen LogP contribution in [0.5, 0.6) is 0 Å². The summed E-state index contributed by atoms with van der Waals surface area (Å²) in [7, 11) is 0. The Labute approximate surface area is 137 Å². The van der Waals surface area contributed by atoms with Gasteiger partial charge in [0.25, 0.3) is 5.91 Å². The van der Waals surface area contributed by atoms with Crippen molar-refractivity contribution in [2.75, 3.05) is 5.32 Å². The summed E-state index contributed by atoms with van der Waals surface area (Å²) >= 11 is 0. The first-order valence-electron chi connectivity index (χ1n) is 7.23. The van der Waals surface area contributed by atoms with Crippen LogP contribution in [0, 0.1) is 0 Å². The van der Waals surface area contributed by atoms with Crippen molar-refractivity contribution in [3.8, 4) is 5.82 Å². The van der Waals surface area contributed by atoms with Crippen molar-refractivity contribution in [1.29, 1.82) is 0 Å². The fourth-order valence-corrected chi connectivity index (χ4v) is 2.00. The number of carbonyl (C=O) groups is 2. The van der Waals surface area contributed by atoms with Crippen LogP contribution in [0.1, 0.15) is 17.5 Å². The molecule has 0 aliphatic carbocycles. The van der Waals surface area contributed by atoms with Gasteiger partial charge in [0.1, 0.15) is 18.2 Å². The van der Waals surface area contributed by atoms with Crippen molar-refractivity contribution in [3.63, 3.8) is 0 Å². The molecule has 3 aromatic rings. The van der Waals surface area contributed by atoms with Crippen LogP contribution in [-0.4, -0.2) is 32.4 Å². The quantitative estimate of drug-likeness (QED) is 0.742. The second-order valence-electron chi connectivity index (χ2n) is 5.04. The number of nitrogens with one attached hydrogen (secondary N) is 2. The zero-order valence-corrected chi connectivity index (χ0v) is 12.8. The van der Waals surface area contributed by atoms with Crippen molar-refractivity contribution in [2.24, 2.45) is 0 Å². The van der Waals surface area contributed by atoms with Crippen LogP contribution in [0.2, 0.25) is 0 Å². The van der Waals surface area contributed by atoms with Gasteiger partial charge in [0.05, 0.1) is 18.1 Å². The number of hydrogen-bond donors (Lipinski definition) is 2. The van der Waals surface area contributed by atoms with E-state index in [1.54, 1.807) is 48.4 Å². The highest BCUT2D eigenvalue weighted by Crippen LogP contribution is 2.10. The van der Waals surface area contributed by atoms with Gasteiger partial charge in [-0.25, -0.2) is 9.97 Å². The minimum absolute atomic E-state index is 0.154. The predicted molar refractivity (Wildman–Crippen MR) is 85.6 cm³/mol. The summed E-state index contributed by atoms with van der Waals surface area (Å²) in [5.74, 6) is 0.0361. The van der Waals surface area contributed by atoms with Crippen molar-refractivity contribution >= 4 is 17.5 Å². The van der Waals surface area contributed by atoms with Crippen LogP contribution in [-0.2, 0) is 4.79 Å². The topological polar surface area (TPSA) is 102 Å². The molecule has 0 bridgehead atoms. The molecule has 0 spiro atoms. The molecule has 3 heterocycles. The summed E-state index contributed by atoms with van der Waals surface area (Å²) in [4.78, 5) is 32.2. The van der Waals surface area contributed by atoms with E-state index in [-0.39, 0.29) is 11.7 Å². The second-order valence-corrected chi connectivity index (χ2v) is 5.04. The third-order valence-electron chi connectivity index (χ3n) is 3.27. The third-order valence-corrected chi connectivity index (χ3v) is 3.27. The van der Waals surface area contributed by atoms with Gasteiger partial charge in [-0.2, -0.15) is 0 Å². The van der Waals surface area contributed by atoms with Gasteiger partial charge in [-0.1, -0.05) is 0 Å². The van der Waals surface area contributed by atoms with Gasteiger partial charge in [0.15, 0.2) is 5.76 Å². The van der Waals surface area contributed by atoms with Gasteiger partial charge in [-0.05, 0) is 31.2 Å². The highest BCUT2D eigenvalue weighted by molar-refractivity contribution is 5.99. The predicted octanol–water partition coefficient (Wildman–Crippen LogP) is 1.62. The number of aromatic nitrogens is 3. The number of rotatable bonds is 5. The fraction of sp³-hybridized carbons (Fsp3) is 0.125. The molecule has 0 aliphatic rings. The van der Waals surface area contributed by atoms with E-state index in [0.717, 1.165) is 0 Å². The summed E-state index contributed by atoms with van der Waals surface area (Å²) in [5, 5.41) is 5.25. The van der Waals surface area contributed by atoms with Gasteiger partial charge in [-0.3, -0.25) is 14.2 Å². The number of carbonyl (C=O) groups excluding carboxylic acids is 2. The Kier molecular flexibility index (Phi) is 4.37. The van der Waals surface area contributed by atoms with Crippen molar-refractivity contribution in [2.45, 2.75) is 13.0 Å². The van der Waals surface area contributed by atoms with E-state index < -0.39 is 11.9 Å². The molecule has 8 heteroatoms. The molecule has 8 nitrogen and oxygen atoms in total.